The number of halogens is 2. The SMILES string of the molecule is COC(=O)C1(C(=O)OC)C[C@H]2Cc3ccccc3[C@@H]1/C2=C\Cl.COC(=O)C1(C(=O)OC)C[C@H]2Cc3ccccc3[C@@H]1/C2=C\Cl. The van der Waals surface area contributed by atoms with Gasteiger partial charge in [0.25, 0.3) is 0 Å². The van der Waals surface area contributed by atoms with Crippen molar-refractivity contribution >= 4 is 47.1 Å². The molecule has 10 heteroatoms. The van der Waals surface area contributed by atoms with Gasteiger partial charge in [0.1, 0.15) is 0 Å². The fourth-order valence-electron chi connectivity index (χ4n) is 8.10. The number of allylic oxidation sites excluding steroid dienone is 2. The van der Waals surface area contributed by atoms with Crippen molar-refractivity contribution in [1.82, 2.24) is 0 Å². The Labute approximate surface area is 266 Å². The third-order valence-electron chi connectivity index (χ3n) is 9.85. The maximum absolute atomic E-state index is 12.6. The van der Waals surface area contributed by atoms with E-state index >= 15 is 0 Å². The van der Waals surface area contributed by atoms with Crippen LogP contribution in [0.3, 0.4) is 0 Å². The van der Waals surface area contributed by atoms with Crippen LogP contribution in [0, 0.1) is 22.7 Å². The van der Waals surface area contributed by atoms with Crippen LogP contribution in [0.5, 0.6) is 0 Å². The van der Waals surface area contributed by atoms with E-state index in [1.165, 1.54) is 39.5 Å². The summed E-state index contributed by atoms with van der Waals surface area (Å²) in [5.74, 6) is -2.95. The molecule has 0 unspecified atom stereocenters. The number of carbonyl (C=O) groups excluding carboxylic acids is 4. The summed E-state index contributed by atoms with van der Waals surface area (Å²) in [4.78, 5) is 50.2. The molecule has 2 aromatic rings. The minimum absolute atomic E-state index is 0.0515. The van der Waals surface area contributed by atoms with Crippen molar-refractivity contribution in [2.75, 3.05) is 28.4 Å². The predicted octanol–water partition coefficient (Wildman–Crippen LogP) is 5.60. The largest absolute Gasteiger partial charge is 0.468 e. The molecule has 2 saturated carbocycles. The van der Waals surface area contributed by atoms with Gasteiger partial charge in [-0.3, -0.25) is 19.2 Å². The van der Waals surface area contributed by atoms with Crippen molar-refractivity contribution in [3.63, 3.8) is 0 Å². The fraction of sp³-hybridized carbons (Fsp3) is 0.412. The van der Waals surface area contributed by atoms with Crippen LogP contribution in [0.25, 0.3) is 0 Å². The van der Waals surface area contributed by atoms with Gasteiger partial charge in [0.05, 0.1) is 28.4 Å². The molecule has 0 aliphatic heterocycles. The van der Waals surface area contributed by atoms with Crippen molar-refractivity contribution in [1.29, 1.82) is 0 Å². The molecule has 8 nitrogen and oxygen atoms in total. The van der Waals surface area contributed by atoms with Crippen molar-refractivity contribution in [3.8, 4) is 0 Å². The minimum Gasteiger partial charge on any atom is -0.468 e. The summed E-state index contributed by atoms with van der Waals surface area (Å²) in [7, 11) is 5.19. The zero-order valence-corrected chi connectivity index (χ0v) is 26.4. The first-order valence-corrected chi connectivity index (χ1v) is 15.2. The number of fused-ring (bicyclic) bond motifs is 8. The smallest absolute Gasteiger partial charge is 0.324 e. The van der Waals surface area contributed by atoms with Gasteiger partial charge in [0.15, 0.2) is 10.8 Å². The zero-order chi connectivity index (χ0) is 31.8. The number of benzene rings is 2. The van der Waals surface area contributed by atoms with E-state index < -0.39 is 46.5 Å². The molecule has 4 atom stereocenters. The quantitative estimate of drug-likeness (QED) is 0.241. The standard InChI is InChI=1S/2C17H17ClO4/c2*1-21-15(19)17(16(20)22-2)8-11-7-10-5-3-4-6-12(10)14(17)13(11)9-18/h2*3-6,9,11,14H,7-8H2,1-2H3/b2*13-9-/t2*11-,14-/m11/s1. The summed E-state index contributed by atoms with van der Waals surface area (Å²) in [5.41, 5.74) is 6.37. The topological polar surface area (TPSA) is 105 Å². The maximum atomic E-state index is 12.6. The average molecular weight is 642 g/mol. The Hall–Kier alpha value is -3.62. The van der Waals surface area contributed by atoms with Crippen molar-refractivity contribution in [3.05, 3.63) is 93.0 Å². The Kier molecular flexibility index (Phi) is 8.96. The third kappa shape index (κ3) is 4.57. The van der Waals surface area contributed by atoms with Crippen LogP contribution < -0.4 is 0 Å². The lowest BCUT2D eigenvalue weighted by molar-refractivity contribution is -0.171. The number of hydrogen-bond donors (Lipinski definition) is 0. The van der Waals surface area contributed by atoms with Gasteiger partial charge in [-0.05, 0) is 70.9 Å². The molecule has 0 amide bonds. The summed E-state index contributed by atoms with van der Waals surface area (Å²) in [6, 6.07) is 15.7. The van der Waals surface area contributed by atoms with E-state index in [4.69, 9.17) is 42.1 Å². The molecule has 0 radical (unpaired) electrons. The van der Waals surface area contributed by atoms with E-state index in [-0.39, 0.29) is 11.8 Å². The number of esters is 4. The first-order chi connectivity index (χ1) is 21.2. The second-order valence-corrected chi connectivity index (χ2v) is 12.0. The van der Waals surface area contributed by atoms with Crippen molar-refractivity contribution in [2.45, 2.75) is 37.5 Å². The molecule has 0 spiro atoms. The van der Waals surface area contributed by atoms with E-state index in [1.807, 2.05) is 48.5 Å². The molecule has 4 bridgehead atoms. The minimum atomic E-state index is -1.35. The van der Waals surface area contributed by atoms with Crippen molar-refractivity contribution in [2.24, 2.45) is 22.7 Å². The summed E-state index contributed by atoms with van der Waals surface area (Å²) in [6.45, 7) is 0. The summed E-state index contributed by atoms with van der Waals surface area (Å²) < 4.78 is 19.9. The number of methoxy groups -OCH3 is 4. The van der Waals surface area contributed by atoms with Gasteiger partial charge in [-0.15, -0.1) is 0 Å². The second-order valence-electron chi connectivity index (χ2n) is 11.6. The molecular formula is C34H34Cl2O8. The Morgan fingerprint density at radius 3 is 1.23 bits per heavy atom. The first-order valence-electron chi connectivity index (χ1n) is 14.3. The number of rotatable bonds is 4. The third-order valence-corrected chi connectivity index (χ3v) is 10.4. The van der Waals surface area contributed by atoms with E-state index in [0.29, 0.717) is 12.8 Å². The van der Waals surface area contributed by atoms with Crippen LogP contribution in [0.15, 0.2) is 70.7 Å². The Morgan fingerprint density at radius 2 is 0.932 bits per heavy atom. The van der Waals surface area contributed by atoms with Crippen LogP contribution in [-0.2, 0) is 51.0 Å². The first kappa shape index (κ1) is 31.8. The molecule has 0 saturated heterocycles. The van der Waals surface area contributed by atoms with Gasteiger partial charge in [0, 0.05) is 22.9 Å². The molecule has 2 fully saturated rings. The molecule has 4 aliphatic rings. The van der Waals surface area contributed by atoms with Gasteiger partial charge >= 0.3 is 23.9 Å². The van der Waals surface area contributed by atoms with Crippen molar-refractivity contribution < 1.29 is 38.1 Å². The normalized spacial score (nSPS) is 26.4. The highest BCUT2D eigenvalue weighted by atomic mass is 35.5. The van der Waals surface area contributed by atoms with Gasteiger partial charge < -0.3 is 18.9 Å². The summed E-state index contributed by atoms with van der Waals surface area (Å²) >= 11 is 12.1. The van der Waals surface area contributed by atoms with Crippen LogP contribution in [0.4, 0.5) is 0 Å². The summed E-state index contributed by atoms with van der Waals surface area (Å²) in [5, 5.41) is 0. The van der Waals surface area contributed by atoms with Gasteiger partial charge in [0.2, 0.25) is 0 Å². The van der Waals surface area contributed by atoms with Crippen LogP contribution in [-0.4, -0.2) is 52.3 Å². The highest BCUT2D eigenvalue weighted by Gasteiger charge is 2.65. The Balaban J connectivity index is 0.000000175. The molecule has 6 rings (SSSR count). The predicted molar refractivity (Wildman–Crippen MR) is 163 cm³/mol. The molecule has 4 aliphatic carbocycles. The van der Waals surface area contributed by atoms with Gasteiger partial charge in [-0.2, -0.15) is 0 Å². The fourth-order valence-corrected chi connectivity index (χ4v) is 8.71. The Morgan fingerprint density at radius 1 is 0.614 bits per heavy atom. The van der Waals surface area contributed by atoms with Gasteiger partial charge in [-0.25, -0.2) is 0 Å². The lowest BCUT2D eigenvalue weighted by Crippen LogP contribution is -2.43. The number of ether oxygens (including phenoxy) is 4. The summed E-state index contributed by atoms with van der Waals surface area (Å²) in [6.07, 6.45) is 2.26. The van der Waals surface area contributed by atoms with E-state index in [2.05, 4.69) is 0 Å². The average Bonchev–Trinajstić information content (AvgIpc) is 3.46. The van der Waals surface area contributed by atoms with Gasteiger partial charge in [-0.1, -0.05) is 71.7 Å². The van der Waals surface area contributed by atoms with Crippen LogP contribution in [0.2, 0.25) is 0 Å². The number of hydrogen-bond acceptors (Lipinski definition) is 8. The van der Waals surface area contributed by atoms with Crippen LogP contribution >= 0.6 is 23.2 Å². The molecule has 0 aromatic heterocycles. The number of carbonyl (C=O) groups is 4. The van der Waals surface area contributed by atoms with E-state index in [0.717, 1.165) is 46.2 Å². The monoisotopic (exact) mass is 640 g/mol. The lowest BCUT2D eigenvalue weighted by Gasteiger charge is -2.32. The maximum Gasteiger partial charge on any atom is 0.324 e. The van der Waals surface area contributed by atoms with E-state index in [1.54, 1.807) is 0 Å². The molecule has 0 heterocycles. The molecular weight excluding hydrogens is 607 g/mol. The Bertz CT molecular complexity index is 1410. The second kappa shape index (κ2) is 12.4. The van der Waals surface area contributed by atoms with Crippen LogP contribution in [0.1, 0.15) is 46.9 Å². The molecule has 232 valence electrons. The highest BCUT2D eigenvalue weighted by Crippen LogP contribution is 2.62. The zero-order valence-electron chi connectivity index (χ0n) is 24.9. The molecule has 44 heavy (non-hydrogen) atoms. The highest BCUT2D eigenvalue weighted by molar-refractivity contribution is 6.26. The van der Waals surface area contributed by atoms with E-state index in [9.17, 15) is 19.2 Å². The lowest BCUT2D eigenvalue weighted by atomic mass is 9.71. The molecule has 2 aromatic carbocycles. The molecule has 0 N–H and O–H groups in total.